The average molecular weight is 557 g/mol. The number of carboxylic acid groups (broad SMARTS) is 1. The monoisotopic (exact) mass is 556 g/mol. The number of hydrogen-bond donors (Lipinski definition) is 1. The molecule has 0 aromatic rings. The Bertz CT molecular complexity index is 961. The molecule has 2 aliphatic carbocycles. The summed E-state index contributed by atoms with van der Waals surface area (Å²) in [6, 6.07) is -1.24. The van der Waals surface area contributed by atoms with Gasteiger partial charge >= 0.3 is 24.1 Å². The van der Waals surface area contributed by atoms with Gasteiger partial charge in [0, 0.05) is 24.9 Å². The minimum Gasteiger partial charge on any atom is -0.480 e. The Balaban J connectivity index is 0.000000371. The van der Waals surface area contributed by atoms with Crippen LogP contribution in [0.15, 0.2) is 0 Å². The maximum Gasteiger partial charge on any atom is 0.411 e. The van der Waals surface area contributed by atoms with Gasteiger partial charge in [-0.15, -0.1) is 0 Å². The number of likely N-dealkylation sites (tertiary alicyclic amines) is 2. The molecule has 2 amide bonds. The van der Waals surface area contributed by atoms with E-state index in [0.717, 1.165) is 0 Å². The van der Waals surface area contributed by atoms with E-state index >= 15 is 0 Å². The molecule has 1 N–H and O–H groups in total. The summed E-state index contributed by atoms with van der Waals surface area (Å²) in [4.78, 5) is 50.4. The topological polar surface area (TPSA) is 123 Å². The lowest BCUT2D eigenvalue weighted by molar-refractivity contribution is -0.147. The van der Waals surface area contributed by atoms with Crippen LogP contribution in [0.1, 0.15) is 84.1 Å². The second-order valence-electron chi connectivity index (χ2n) is 13.9. The standard InChI is InChI=1S/C14H23NO4.C13H21NO4.2CH4/c1-13(2,3)19-12(17)15-7-8-9(14(8,4)5)10(15)11(16)18-6;1-12(2,3)18-11(17)14-6-7-8(13(7,4)5)9(14)10(15)16;;/h8-10H,7H2,1-6H3;7-9H,6H2,1-5H3,(H,15,16);2*1H4/t8?,9-,10?;7?,8-,9?;;/m00../s1. The molecule has 2 saturated heterocycles. The van der Waals surface area contributed by atoms with Crippen LogP contribution in [0.2, 0.25) is 0 Å². The number of fused-ring (bicyclic) bond motifs is 2. The van der Waals surface area contributed by atoms with Gasteiger partial charge in [-0.1, -0.05) is 42.5 Å². The molecule has 2 aliphatic heterocycles. The molecule has 2 saturated carbocycles. The van der Waals surface area contributed by atoms with Crippen molar-refractivity contribution in [3.05, 3.63) is 0 Å². The first kappa shape index (κ1) is 34.5. The van der Waals surface area contributed by atoms with Crippen molar-refractivity contribution in [1.82, 2.24) is 9.80 Å². The van der Waals surface area contributed by atoms with Crippen LogP contribution in [0.4, 0.5) is 9.59 Å². The van der Waals surface area contributed by atoms with Gasteiger partial charge in [-0.2, -0.15) is 0 Å². The van der Waals surface area contributed by atoms with Crippen molar-refractivity contribution < 1.29 is 38.5 Å². The summed E-state index contributed by atoms with van der Waals surface area (Å²) in [7, 11) is 1.36. The van der Waals surface area contributed by atoms with Crippen LogP contribution in [0, 0.1) is 34.5 Å². The highest BCUT2D eigenvalue weighted by Gasteiger charge is 2.71. The van der Waals surface area contributed by atoms with Gasteiger partial charge in [0.2, 0.25) is 0 Å². The Kier molecular flexibility index (Phi) is 9.56. The molecule has 0 aromatic carbocycles. The first-order valence-corrected chi connectivity index (χ1v) is 12.9. The fourth-order valence-electron chi connectivity index (χ4n) is 6.26. The largest absolute Gasteiger partial charge is 0.480 e. The molecule has 0 bridgehead atoms. The summed E-state index contributed by atoms with van der Waals surface area (Å²) in [5.41, 5.74) is -1.01. The lowest BCUT2D eigenvalue weighted by atomic mass is 10.0. The molecule has 4 fully saturated rings. The lowest BCUT2D eigenvalue weighted by Crippen LogP contribution is -2.47. The highest BCUT2D eigenvalue weighted by molar-refractivity contribution is 5.84. The van der Waals surface area contributed by atoms with Crippen LogP contribution >= 0.6 is 0 Å². The maximum atomic E-state index is 12.2. The highest BCUT2D eigenvalue weighted by atomic mass is 16.6. The Morgan fingerprint density at radius 3 is 1.36 bits per heavy atom. The molecule has 4 unspecified atom stereocenters. The number of methoxy groups -OCH3 is 1. The number of amides is 2. The maximum absolute atomic E-state index is 12.2. The average Bonchev–Trinajstić information content (AvgIpc) is 3.26. The third-order valence-corrected chi connectivity index (χ3v) is 8.37. The molecule has 10 nitrogen and oxygen atoms in total. The van der Waals surface area contributed by atoms with Crippen molar-refractivity contribution in [3.63, 3.8) is 0 Å². The number of piperidine rings is 2. The van der Waals surface area contributed by atoms with Crippen molar-refractivity contribution in [2.75, 3.05) is 20.2 Å². The first-order valence-electron chi connectivity index (χ1n) is 12.9. The summed E-state index contributed by atoms with van der Waals surface area (Å²) in [6.45, 7) is 20.2. The van der Waals surface area contributed by atoms with E-state index in [0.29, 0.717) is 19.0 Å². The van der Waals surface area contributed by atoms with Gasteiger partial charge in [0.25, 0.3) is 0 Å². The number of aliphatic carboxylic acids is 1. The number of ether oxygens (including phenoxy) is 3. The van der Waals surface area contributed by atoms with Crippen LogP contribution < -0.4 is 0 Å². The van der Waals surface area contributed by atoms with Crippen LogP contribution in [0.3, 0.4) is 0 Å². The molecule has 0 aromatic heterocycles. The summed E-state index contributed by atoms with van der Waals surface area (Å²) in [6.07, 6.45) is -0.941. The normalized spacial score (nSPS) is 30.6. The van der Waals surface area contributed by atoms with Crippen LogP contribution in [0.25, 0.3) is 0 Å². The molecule has 4 rings (SSSR count). The molecule has 6 atom stereocenters. The van der Waals surface area contributed by atoms with Gasteiger partial charge in [-0.05, 0) is 64.2 Å². The summed E-state index contributed by atoms with van der Waals surface area (Å²) < 4.78 is 15.5. The first-order chi connectivity index (χ1) is 16.6. The number of carbonyl (C=O) groups excluding carboxylic acids is 3. The summed E-state index contributed by atoms with van der Waals surface area (Å²) >= 11 is 0. The smallest absolute Gasteiger partial charge is 0.411 e. The fourth-order valence-corrected chi connectivity index (χ4v) is 6.26. The van der Waals surface area contributed by atoms with Gasteiger partial charge in [0.15, 0.2) is 0 Å². The molecule has 10 heteroatoms. The van der Waals surface area contributed by atoms with E-state index in [9.17, 15) is 24.3 Å². The third-order valence-electron chi connectivity index (χ3n) is 8.37. The molecule has 39 heavy (non-hydrogen) atoms. The van der Waals surface area contributed by atoms with Gasteiger partial charge < -0.3 is 19.3 Å². The third kappa shape index (κ3) is 6.62. The molecular formula is C29H52N2O8. The van der Waals surface area contributed by atoms with Gasteiger partial charge in [0.1, 0.15) is 23.3 Å². The van der Waals surface area contributed by atoms with Gasteiger partial charge in [-0.3, -0.25) is 9.80 Å². The molecule has 0 radical (unpaired) electrons. The molecular weight excluding hydrogens is 504 g/mol. The quantitative estimate of drug-likeness (QED) is 0.360. The van der Waals surface area contributed by atoms with Crippen LogP contribution in [-0.4, -0.2) is 82.5 Å². The van der Waals surface area contributed by atoms with E-state index in [4.69, 9.17) is 14.2 Å². The predicted octanol–water partition coefficient (Wildman–Crippen LogP) is 5.29. The molecule has 4 aliphatic rings. The van der Waals surface area contributed by atoms with Crippen molar-refractivity contribution >= 4 is 24.1 Å². The Morgan fingerprint density at radius 1 is 0.718 bits per heavy atom. The number of nitrogens with zero attached hydrogens (tertiary/aromatic N) is 2. The number of rotatable bonds is 2. The second-order valence-corrected chi connectivity index (χ2v) is 13.9. The molecule has 226 valence electrons. The Morgan fingerprint density at radius 2 is 1.05 bits per heavy atom. The van der Waals surface area contributed by atoms with Crippen LogP contribution in [-0.2, 0) is 23.8 Å². The van der Waals surface area contributed by atoms with Gasteiger partial charge in [0.05, 0.1) is 7.11 Å². The number of carbonyl (C=O) groups is 4. The number of esters is 1. The Labute approximate surface area is 234 Å². The van der Waals surface area contributed by atoms with E-state index in [1.165, 1.54) is 16.9 Å². The summed E-state index contributed by atoms with van der Waals surface area (Å²) in [5, 5.41) is 9.31. The predicted molar refractivity (Wildman–Crippen MR) is 148 cm³/mol. The van der Waals surface area contributed by atoms with E-state index in [-0.39, 0.29) is 49.4 Å². The minimum atomic E-state index is -0.932. The van der Waals surface area contributed by atoms with E-state index in [1.54, 1.807) is 20.8 Å². The van der Waals surface area contributed by atoms with E-state index < -0.39 is 41.4 Å². The lowest BCUT2D eigenvalue weighted by Gasteiger charge is -2.31. The molecule has 2 heterocycles. The van der Waals surface area contributed by atoms with Crippen molar-refractivity contribution in [2.24, 2.45) is 34.5 Å². The zero-order chi connectivity index (χ0) is 28.5. The molecule has 0 spiro atoms. The SMILES string of the molecule is C.C.CC(C)(C)OC(=O)N1CC2[C@@H](C1C(=O)O)C2(C)C.COC(=O)C1[C@@H]2C(CN1C(=O)OC(C)(C)C)C2(C)C. The Hall–Kier alpha value is -2.52. The highest BCUT2D eigenvalue weighted by Crippen LogP contribution is 2.65. The zero-order valence-corrected chi connectivity index (χ0v) is 24.1. The van der Waals surface area contributed by atoms with Gasteiger partial charge in [-0.25, -0.2) is 19.2 Å². The minimum absolute atomic E-state index is 0. The fraction of sp³-hybridized carbons (Fsp3) is 0.862. The van der Waals surface area contributed by atoms with Crippen LogP contribution in [0.5, 0.6) is 0 Å². The number of hydrogen-bond acceptors (Lipinski definition) is 7. The van der Waals surface area contributed by atoms with Crippen molar-refractivity contribution in [1.29, 1.82) is 0 Å². The second kappa shape index (κ2) is 10.8. The van der Waals surface area contributed by atoms with Crippen molar-refractivity contribution in [2.45, 2.75) is 107 Å². The van der Waals surface area contributed by atoms with Crippen molar-refractivity contribution in [3.8, 4) is 0 Å². The van der Waals surface area contributed by atoms with E-state index in [1.807, 2.05) is 20.8 Å². The summed E-state index contributed by atoms with van der Waals surface area (Å²) in [5.74, 6) is -0.381. The number of carboxylic acids is 1. The zero-order valence-electron chi connectivity index (χ0n) is 24.1. The van der Waals surface area contributed by atoms with E-state index in [2.05, 4.69) is 27.7 Å².